The van der Waals surface area contributed by atoms with E-state index in [9.17, 15) is 10.1 Å². The number of nitrogens with zero attached hydrogens (tertiary/aromatic N) is 3. The summed E-state index contributed by atoms with van der Waals surface area (Å²) in [6.45, 7) is 4.15. The van der Waals surface area contributed by atoms with Gasteiger partial charge in [-0.2, -0.15) is 0 Å². The van der Waals surface area contributed by atoms with Gasteiger partial charge in [0.25, 0.3) is 5.69 Å². The number of hydrogen-bond acceptors (Lipinski definition) is 3. The number of alkyl halides is 1. The number of nitro benzene ring substituents is 1. The first-order chi connectivity index (χ1) is 13.0. The van der Waals surface area contributed by atoms with Gasteiger partial charge in [0.2, 0.25) is 0 Å². The van der Waals surface area contributed by atoms with E-state index in [1.165, 1.54) is 19.3 Å². The predicted molar refractivity (Wildman–Crippen MR) is 109 cm³/mol. The topological polar surface area (TPSA) is 60.4 Å². The summed E-state index contributed by atoms with van der Waals surface area (Å²) in [5.74, 6) is 2.03. The average molecular weight is 386 g/mol. The number of aryl methyl sites for hydroxylation is 3. The molecule has 1 aliphatic rings. The lowest BCUT2D eigenvalue weighted by Gasteiger charge is -2.23. The number of aromatic nitrogens is 2. The van der Waals surface area contributed by atoms with E-state index < -0.39 is 0 Å². The molecule has 5 nitrogen and oxygen atoms in total. The van der Waals surface area contributed by atoms with Crippen molar-refractivity contribution in [3.05, 3.63) is 51.0 Å². The van der Waals surface area contributed by atoms with Gasteiger partial charge < -0.3 is 0 Å². The molecule has 142 valence electrons. The zero-order valence-electron chi connectivity index (χ0n) is 15.8. The predicted octanol–water partition coefficient (Wildman–Crippen LogP) is 5.84. The Bertz CT molecular complexity index is 1040. The third kappa shape index (κ3) is 2.98. The Balaban J connectivity index is 2.11. The van der Waals surface area contributed by atoms with Crippen LogP contribution < -0.4 is 0 Å². The van der Waals surface area contributed by atoms with E-state index in [0.717, 1.165) is 51.9 Å². The average Bonchev–Trinajstić information content (AvgIpc) is 3.00. The molecule has 0 amide bonds. The van der Waals surface area contributed by atoms with Crippen molar-refractivity contribution < 1.29 is 4.92 Å². The molecule has 0 N–H and O–H groups in total. The molecule has 0 aliphatic heterocycles. The van der Waals surface area contributed by atoms with Crippen LogP contribution in [0.15, 0.2) is 18.2 Å². The molecule has 2 heterocycles. The largest absolute Gasteiger partial charge is 0.297 e. The van der Waals surface area contributed by atoms with Crippen molar-refractivity contribution in [2.45, 2.75) is 58.3 Å². The number of non-ortho nitro benzene ring substituents is 1. The van der Waals surface area contributed by atoms with E-state index in [-0.39, 0.29) is 10.6 Å². The van der Waals surface area contributed by atoms with Gasteiger partial charge in [-0.05, 0) is 50.3 Å². The minimum absolute atomic E-state index is 0.121. The van der Waals surface area contributed by atoms with E-state index in [0.29, 0.717) is 18.2 Å². The Labute approximate surface area is 163 Å². The zero-order chi connectivity index (χ0) is 19.1. The number of nitro groups is 1. The maximum absolute atomic E-state index is 11.3. The number of rotatable bonds is 4. The first-order valence-corrected chi connectivity index (χ1v) is 10.2. The Morgan fingerprint density at radius 2 is 2.00 bits per heavy atom. The molecular weight excluding hydrogens is 362 g/mol. The zero-order valence-corrected chi connectivity index (χ0v) is 16.6. The monoisotopic (exact) mass is 385 g/mol. The van der Waals surface area contributed by atoms with Gasteiger partial charge in [-0.15, -0.1) is 11.6 Å². The second-order valence-electron chi connectivity index (χ2n) is 7.58. The minimum atomic E-state index is -0.329. The Morgan fingerprint density at radius 3 is 2.67 bits per heavy atom. The standard InChI is InChI=1S/C21H24ClN3O2/c1-13-14(2)23-21(15-6-4-3-5-7-15)24-19-9-8-16(25(26)27)12-18(19)17(10-11-22)20(13)24/h8-9,12,15H,3-7,10-11H2,1-2H3. The first kappa shape index (κ1) is 18.2. The Hall–Kier alpha value is -2.14. The quantitative estimate of drug-likeness (QED) is 0.322. The SMILES string of the molecule is Cc1nc(C2CCCCC2)n2c(c1C)c(CCCl)c1cc([N+](=O)[O-])ccc12. The number of fused-ring (bicyclic) bond motifs is 3. The number of hydrogen-bond donors (Lipinski definition) is 0. The van der Waals surface area contributed by atoms with Crippen LogP contribution in [0.25, 0.3) is 16.4 Å². The summed E-state index contributed by atoms with van der Waals surface area (Å²) in [5, 5.41) is 12.3. The van der Waals surface area contributed by atoms with Crippen LogP contribution in [0.3, 0.4) is 0 Å². The second kappa shape index (κ2) is 7.12. The molecule has 6 heteroatoms. The van der Waals surface area contributed by atoms with Gasteiger partial charge in [-0.3, -0.25) is 14.5 Å². The van der Waals surface area contributed by atoms with Crippen LogP contribution in [0, 0.1) is 24.0 Å². The van der Waals surface area contributed by atoms with E-state index in [4.69, 9.17) is 16.6 Å². The van der Waals surface area contributed by atoms with Crippen molar-refractivity contribution in [2.24, 2.45) is 0 Å². The summed E-state index contributed by atoms with van der Waals surface area (Å²) in [6, 6.07) is 5.17. The van der Waals surface area contributed by atoms with Crippen molar-refractivity contribution in [2.75, 3.05) is 5.88 Å². The van der Waals surface area contributed by atoms with Crippen LogP contribution in [0.1, 0.15) is 60.7 Å². The molecule has 0 bridgehead atoms. The van der Waals surface area contributed by atoms with Crippen molar-refractivity contribution in [3.8, 4) is 0 Å². The molecule has 2 aromatic heterocycles. The maximum atomic E-state index is 11.3. The maximum Gasteiger partial charge on any atom is 0.270 e. The van der Waals surface area contributed by atoms with Gasteiger partial charge >= 0.3 is 0 Å². The second-order valence-corrected chi connectivity index (χ2v) is 7.95. The third-order valence-electron chi connectivity index (χ3n) is 5.99. The molecule has 0 radical (unpaired) electrons. The lowest BCUT2D eigenvalue weighted by atomic mass is 9.88. The van der Waals surface area contributed by atoms with Crippen LogP contribution in [0.5, 0.6) is 0 Å². The Kier molecular flexibility index (Phi) is 4.81. The normalized spacial score (nSPS) is 15.7. The van der Waals surface area contributed by atoms with Crippen LogP contribution in [-0.2, 0) is 6.42 Å². The minimum Gasteiger partial charge on any atom is -0.297 e. The molecule has 0 spiro atoms. The summed E-state index contributed by atoms with van der Waals surface area (Å²) in [7, 11) is 0. The van der Waals surface area contributed by atoms with Crippen molar-refractivity contribution in [3.63, 3.8) is 0 Å². The summed E-state index contributed by atoms with van der Waals surface area (Å²) < 4.78 is 2.26. The van der Waals surface area contributed by atoms with Crippen molar-refractivity contribution in [1.82, 2.24) is 9.38 Å². The first-order valence-electron chi connectivity index (χ1n) is 9.67. The molecule has 0 atom stereocenters. The highest BCUT2D eigenvalue weighted by atomic mass is 35.5. The van der Waals surface area contributed by atoms with Gasteiger partial charge in [-0.1, -0.05) is 19.3 Å². The van der Waals surface area contributed by atoms with Gasteiger partial charge in [0.15, 0.2) is 0 Å². The van der Waals surface area contributed by atoms with E-state index in [1.54, 1.807) is 12.1 Å². The smallest absolute Gasteiger partial charge is 0.270 e. The molecule has 1 aromatic carbocycles. The molecule has 1 fully saturated rings. The summed E-state index contributed by atoms with van der Waals surface area (Å²) in [4.78, 5) is 16.0. The summed E-state index contributed by atoms with van der Waals surface area (Å²) in [6.07, 6.45) is 6.76. The molecule has 1 saturated carbocycles. The highest BCUT2D eigenvalue weighted by molar-refractivity contribution is 6.18. The lowest BCUT2D eigenvalue weighted by Crippen LogP contribution is -2.13. The van der Waals surface area contributed by atoms with Gasteiger partial charge in [0.05, 0.1) is 16.0 Å². The van der Waals surface area contributed by atoms with E-state index in [2.05, 4.69) is 18.2 Å². The molecule has 4 rings (SSSR count). The fourth-order valence-corrected chi connectivity index (χ4v) is 4.74. The van der Waals surface area contributed by atoms with Crippen LogP contribution in [-0.4, -0.2) is 20.2 Å². The third-order valence-corrected chi connectivity index (χ3v) is 6.18. The fraction of sp³-hybridized carbons (Fsp3) is 0.476. The molecular formula is C21H24ClN3O2. The molecule has 0 saturated heterocycles. The summed E-state index contributed by atoms with van der Waals surface area (Å²) in [5.41, 5.74) is 5.54. The van der Waals surface area contributed by atoms with E-state index in [1.807, 2.05) is 6.07 Å². The molecule has 3 aromatic rings. The molecule has 27 heavy (non-hydrogen) atoms. The Morgan fingerprint density at radius 1 is 1.26 bits per heavy atom. The molecule has 0 unspecified atom stereocenters. The van der Waals surface area contributed by atoms with Gasteiger partial charge in [0, 0.05) is 35.0 Å². The van der Waals surface area contributed by atoms with Crippen molar-refractivity contribution >= 4 is 33.7 Å². The van der Waals surface area contributed by atoms with Crippen molar-refractivity contribution in [1.29, 1.82) is 0 Å². The highest BCUT2D eigenvalue weighted by Crippen LogP contribution is 2.38. The number of halogens is 1. The summed E-state index contributed by atoms with van der Waals surface area (Å²) >= 11 is 6.12. The van der Waals surface area contributed by atoms with Gasteiger partial charge in [-0.25, -0.2) is 4.98 Å². The van der Waals surface area contributed by atoms with Crippen LogP contribution >= 0.6 is 11.6 Å². The fourth-order valence-electron chi connectivity index (χ4n) is 4.55. The highest BCUT2D eigenvalue weighted by Gasteiger charge is 2.25. The van der Waals surface area contributed by atoms with E-state index >= 15 is 0 Å². The lowest BCUT2D eigenvalue weighted by molar-refractivity contribution is -0.384. The van der Waals surface area contributed by atoms with Crippen LogP contribution in [0.4, 0.5) is 5.69 Å². The molecule has 1 aliphatic carbocycles. The van der Waals surface area contributed by atoms with Gasteiger partial charge in [0.1, 0.15) is 5.82 Å². The number of benzene rings is 1. The van der Waals surface area contributed by atoms with Crippen LogP contribution in [0.2, 0.25) is 0 Å².